The van der Waals surface area contributed by atoms with Gasteiger partial charge < -0.3 is 10.3 Å². The van der Waals surface area contributed by atoms with Crippen LogP contribution in [0.25, 0.3) is 0 Å². The lowest BCUT2D eigenvalue weighted by Gasteiger charge is -2.12. The van der Waals surface area contributed by atoms with E-state index in [0.717, 1.165) is 22.8 Å². The number of halogens is 1. The Bertz CT molecular complexity index is 474. The molecule has 84 valence electrons. The van der Waals surface area contributed by atoms with Crippen molar-refractivity contribution in [2.45, 2.75) is 19.5 Å². The third-order valence-corrected chi connectivity index (χ3v) is 3.00. The molecule has 2 aromatic rings. The molecule has 0 amide bonds. The minimum atomic E-state index is 0.0393. The van der Waals surface area contributed by atoms with Crippen molar-refractivity contribution in [2.24, 2.45) is 5.73 Å². The molecule has 0 fully saturated rings. The van der Waals surface area contributed by atoms with Crippen molar-refractivity contribution in [3.63, 3.8) is 0 Å². The fourth-order valence-electron chi connectivity index (χ4n) is 1.79. The summed E-state index contributed by atoms with van der Waals surface area (Å²) in [7, 11) is 0. The van der Waals surface area contributed by atoms with E-state index < -0.39 is 0 Å². The molecule has 1 atom stereocenters. The molecule has 0 aliphatic rings. The first kappa shape index (κ1) is 11.2. The smallest absolute Gasteiger partial charge is 0.0488 e. The van der Waals surface area contributed by atoms with Gasteiger partial charge in [-0.3, -0.25) is 0 Å². The molecule has 2 rings (SSSR count). The van der Waals surface area contributed by atoms with E-state index in [2.05, 4.69) is 4.57 Å². The maximum atomic E-state index is 6.13. The van der Waals surface area contributed by atoms with Gasteiger partial charge in [-0.05, 0) is 30.7 Å². The van der Waals surface area contributed by atoms with Gasteiger partial charge in [0.1, 0.15) is 0 Å². The van der Waals surface area contributed by atoms with Crippen LogP contribution in [0.15, 0.2) is 42.6 Å². The Morgan fingerprint density at radius 1 is 1.25 bits per heavy atom. The van der Waals surface area contributed by atoms with Crippen LogP contribution in [-0.4, -0.2) is 4.57 Å². The number of benzene rings is 1. The summed E-state index contributed by atoms with van der Waals surface area (Å²) in [6.07, 6.45) is 2.03. The van der Waals surface area contributed by atoms with Gasteiger partial charge >= 0.3 is 0 Å². The highest BCUT2D eigenvalue weighted by Gasteiger charge is 2.07. The lowest BCUT2D eigenvalue weighted by atomic mass is 10.2. The van der Waals surface area contributed by atoms with Gasteiger partial charge in [-0.25, -0.2) is 0 Å². The first-order chi connectivity index (χ1) is 7.68. The summed E-state index contributed by atoms with van der Waals surface area (Å²) in [6.45, 7) is 2.75. The minimum Gasteiger partial charge on any atom is -0.346 e. The van der Waals surface area contributed by atoms with Crippen molar-refractivity contribution in [1.82, 2.24) is 4.57 Å². The van der Waals surface area contributed by atoms with Gasteiger partial charge in [0.2, 0.25) is 0 Å². The van der Waals surface area contributed by atoms with Crippen LogP contribution in [0, 0.1) is 0 Å². The summed E-state index contributed by atoms with van der Waals surface area (Å²) in [5.41, 5.74) is 8.13. The lowest BCUT2D eigenvalue weighted by Crippen LogP contribution is -2.12. The topological polar surface area (TPSA) is 30.9 Å². The van der Waals surface area contributed by atoms with Crippen molar-refractivity contribution < 1.29 is 0 Å². The summed E-state index contributed by atoms with van der Waals surface area (Å²) in [6, 6.07) is 12.0. The van der Waals surface area contributed by atoms with E-state index in [4.69, 9.17) is 17.3 Å². The third kappa shape index (κ3) is 2.29. The van der Waals surface area contributed by atoms with Gasteiger partial charge in [-0.1, -0.05) is 29.8 Å². The maximum Gasteiger partial charge on any atom is 0.0488 e. The van der Waals surface area contributed by atoms with Gasteiger partial charge in [-0.15, -0.1) is 0 Å². The predicted octanol–water partition coefficient (Wildman–Crippen LogP) is 3.21. The van der Waals surface area contributed by atoms with Crippen LogP contribution in [-0.2, 0) is 6.54 Å². The first-order valence-corrected chi connectivity index (χ1v) is 5.70. The average Bonchev–Trinajstić information content (AvgIpc) is 2.69. The second kappa shape index (κ2) is 4.73. The van der Waals surface area contributed by atoms with Crippen LogP contribution in [0.1, 0.15) is 24.2 Å². The molecule has 0 spiro atoms. The average molecular weight is 235 g/mol. The highest BCUT2D eigenvalue weighted by molar-refractivity contribution is 6.31. The molecule has 1 unspecified atom stereocenters. The molecule has 0 aliphatic carbocycles. The Kier molecular flexibility index (Phi) is 3.32. The summed E-state index contributed by atoms with van der Waals surface area (Å²) in [4.78, 5) is 0. The van der Waals surface area contributed by atoms with Crippen molar-refractivity contribution in [3.05, 3.63) is 58.9 Å². The lowest BCUT2D eigenvalue weighted by molar-refractivity contribution is 0.675. The SMILES string of the molecule is CC(N)c1cccn1Cc1ccccc1Cl. The van der Waals surface area contributed by atoms with Gasteiger partial charge in [0.25, 0.3) is 0 Å². The summed E-state index contributed by atoms with van der Waals surface area (Å²) < 4.78 is 2.13. The zero-order chi connectivity index (χ0) is 11.5. The number of nitrogens with two attached hydrogens (primary N) is 1. The van der Waals surface area contributed by atoms with E-state index >= 15 is 0 Å². The largest absolute Gasteiger partial charge is 0.346 e. The molecule has 2 nitrogen and oxygen atoms in total. The normalized spacial score (nSPS) is 12.7. The van der Waals surface area contributed by atoms with Crippen LogP contribution in [0.3, 0.4) is 0 Å². The van der Waals surface area contributed by atoms with Crippen LogP contribution >= 0.6 is 11.6 Å². The minimum absolute atomic E-state index is 0.0393. The zero-order valence-corrected chi connectivity index (χ0v) is 9.98. The molecule has 2 N–H and O–H groups in total. The van der Waals surface area contributed by atoms with E-state index in [1.54, 1.807) is 0 Å². The Balaban J connectivity index is 2.27. The zero-order valence-electron chi connectivity index (χ0n) is 9.23. The monoisotopic (exact) mass is 234 g/mol. The molecular formula is C13H15ClN2. The van der Waals surface area contributed by atoms with E-state index in [1.807, 2.05) is 49.5 Å². The molecule has 1 aromatic carbocycles. The molecule has 0 bridgehead atoms. The Morgan fingerprint density at radius 3 is 2.69 bits per heavy atom. The van der Waals surface area contributed by atoms with E-state index in [0.29, 0.717) is 0 Å². The Morgan fingerprint density at radius 2 is 2.00 bits per heavy atom. The second-order valence-corrected chi connectivity index (χ2v) is 4.35. The van der Waals surface area contributed by atoms with Gasteiger partial charge in [0.15, 0.2) is 0 Å². The summed E-state index contributed by atoms with van der Waals surface area (Å²) in [5.74, 6) is 0. The first-order valence-electron chi connectivity index (χ1n) is 5.32. The highest BCUT2D eigenvalue weighted by Crippen LogP contribution is 2.19. The molecule has 3 heteroatoms. The predicted molar refractivity (Wildman–Crippen MR) is 67.6 cm³/mol. The van der Waals surface area contributed by atoms with Crippen LogP contribution in [0.4, 0.5) is 0 Å². The number of hydrogen-bond donors (Lipinski definition) is 1. The van der Waals surface area contributed by atoms with Crippen LogP contribution < -0.4 is 5.73 Å². The van der Waals surface area contributed by atoms with E-state index in [1.165, 1.54) is 0 Å². The quantitative estimate of drug-likeness (QED) is 0.869. The third-order valence-electron chi connectivity index (χ3n) is 2.63. The summed E-state index contributed by atoms with van der Waals surface area (Å²) >= 11 is 6.13. The van der Waals surface area contributed by atoms with Crippen molar-refractivity contribution in [2.75, 3.05) is 0 Å². The van der Waals surface area contributed by atoms with Crippen molar-refractivity contribution in [1.29, 1.82) is 0 Å². The second-order valence-electron chi connectivity index (χ2n) is 3.94. The summed E-state index contributed by atoms with van der Waals surface area (Å²) in [5, 5.41) is 0.798. The van der Waals surface area contributed by atoms with Gasteiger partial charge in [0, 0.05) is 29.5 Å². The number of rotatable bonds is 3. The Labute approximate surface area is 101 Å². The number of hydrogen-bond acceptors (Lipinski definition) is 1. The molecule has 1 aromatic heterocycles. The standard InChI is InChI=1S/C13H15ClN2/c1-10(15)13-7-4-8-16(13)9-11-5-2-3-6-12(11)14/h2-8,10H,9,15H2,1H3. The number of aromatic nitrogens is 1. The molecule has 16 heavy (non-hydrogen) atoms. The molecular weight excluding hydrogens is 220 g/mol. The molecule has 0 saturated carbocycles. The van der Waals surface area contributed by atoms with Gasteiger partial charge in [0.05, 0.1) is 0 Å². The van der Waals surface area contributed by atoms with Crippen LogP contribution in [0.5, 0.6) is 0 Å². The Hall–Kier alpha value is -1.25. The molecule has 0 radical (unpaired) electrons. The molecule has 0 aliphatic heterocycles. The maximum absolute atomic E-state index is 6.13. The molecule has 1 heterocycles. The van der Waals surface area contributed by atoms with E-state index in [-0.39, 0.29) is 6.04 Å². The fraction of sp³-hybridized carbons (Fsp3) is 0.231. The van der Waals surface area contributed by atoms with Gasteiger partial charge in [-0.2, -0.15) is 0 Å². The fourth-order valence-corrected chi connectivity index (χ4v) is 1.99. The van der Waals surface area contributed by atoms with Crippen molar-refractivity contribution >= 4 is 11.6 Å². The highest BCUT2D eigenvalue weighted by atomic mass is 35.5. The molecule has 0 saturated heterocycles. The number of nitrogens with zero attached hydrogens (tertiary/aromatic N) is 1. The van der Waals surface area contributed by atoms with Crippen LogP contribution in [0.2, 0.25) is 5.02 Å². The van der Waals surface area contributed by atoms with Crippen molar-refractivity contribution in [3.8, 4) is 0 Å². The van der Waals surface area contributed by atoms with E-state index in [9.17, 15) is 0 Å².